The molecular weight excluding hydrogens is 468 g/mol. The number of hydrogen-bond donors (Lipinski definition) is 1. The van der Waals surface area contributed by atoms with Gasteiger partial charge in [-0.15, -0.1) is 0 Å². The number of aryl methyl sites for hydroxylation is 1. The van der Waals surface area contributed by atoms with Gasteiger partial charge >= 0.3 is 5.97 Å². The first-order valence-corrected chi connectivity index (χ1v) is 13.2. The average molecular weight is 503 g/mol. The number of hydrogen-bond acceptors (Lipinski definition) is 6. The lowest BCUT2D eigenvalue weighted by atomic mass is 9.51. The molecule has 2 aliphatic heterocycles. The fourth-order valence-corrected chi connectivity index (χ4v) is 7.63. The van der Waals surface area contributed by atoms with Crippen LogP contribution < -0.4 is 9.47 Å². The van der Waals surface area contributed by atoms with Gasteiger partial charge < -0.3 is 24.4 Å². The Bertz CT molecular complexity index is 1320. The summed E-state index contributed by atoms with van der Waals surface area (Å²) in [5.41, 5.74) is 3.78. The molecule has 1 amide bonds. The average Bonchev–Trinajstić information content (AvgIpc) is 3.21. The van der Waals surface area contributed by atoms with Crippen LogP contribution in [0.1, 0.15) is 48.4 Å². The summed E-state index contributed by atoms with van der Waals surface area (Å²) in [6.07, 6.45) is 6.66. The molecule has 1 saturated carbocycles. The van der Waals surface area contributed by atoms with Crippen LogP contribution >= 0.6 is 0 Å². The number of aromatic hydroxyl groups is 1. The summed E-state index contributed by atoms with van der Waals surface area (Å²) >= 11 is 0. The Morgan fingerprint density at radius 1 is 1.27 bits per heavy atom. The van der Waals surface area contributed by atoms with Crippen molar-refractivity contribution in [1.29, 1.82) is 0 Å². The van der Waals surface area contributed by atoms with Crippen molar-refractivity contribution in [3.05, 3.63) is 58.7 Å². The van der Waals surface area contributed by atoms with Crippen molar-refractivity contribution in [2.75, 3.05) is 20.6 Å². The molecule has 6 rings (SSSR count). The highest BCUT2D eigenvalue weighted by molar-refractivity contribution is 5.92. The molecule has 2 aromatic rings. The Balaban J connectivity index is 1.39. The Labute approximate surface area is 217 Å². The maximum absolute atomic E-state index is 13.4. The molecule has 2 fully saturated rings. The van der Waals surface area contributed by atoms with E-state index in [4.69, 9.17) is 9.47 Å². The molecule has 2 aromatic carbocycles. The number of likely N-dealkylation sites (tertiary alicyclic amines) is 1. The zero-order valence-electron chi connectivity index (χ0n) is 21.9. The molecule has 2 aliphatic carbocycles. The van der Waals surface area contributed by atoms with Crippen LogP contribution in [0.15, 0.2) is 36.4 Å². The Morgan fingerprint density at radius 3 is 2.84 bits per heavy atom. The van der Waals surface area contributed by atoms with Crippen LogP contribution in [0.4, 0.5) is 0 Å². The minimum absolute atomic E-state index is 0.00183. The van der Waals surface area contributed by atoms with E-state index >= 15 is 0 Å². The zero-order valence-corrected chi connectivity index (χ0v) is 21.9. The van der Waals surface area contributed by atoms with Gasteiger partial charge in [-0.1, -0.05) is 29.8 Å². The van der Waals surface area contributed by atoms with Crippen LogP contribution in [0, 0.1) is 12.8 Å². The number of nitrogens with zero attached hydrogens (tertiary/aromatic N) is 2. The van der Waals surface area contributed by atoms with Gasteiger partial charge in [-0.2, -0.15) is 0 Å². The number of ether oxygens (including phenoxy) is 2. The number of carbonyl (C=O) groups excluding carboxylic acids is 2. The van der Waals surface area contributed by atoms with Crippen LogP contribution in [-0.2, 0) is 21.4 Å². The minimum Gasteiger partial charge on any atom is -0.504 e. The Kier molecular flexibility index (Phi) is 5.60. The van der Waals surface area contributed by atoms with Gasteiger partial charge in [-0.05, 0) is 63.8 Å². The molecule has 2 bridgehead atoms. The van der Waals surface area contributed by atoms with E-state index in [1.165, 1.54) is 13.0 Å². The first kappa shape index (κ1) is 24.0. The van der Waals surface area contributed by atoms with Crippen molar-refractivity contribution in [3.8, 4) is 17.2 Å². The SMILES string of the molecule is CC(=O)Oc1cc(O)c2c3c1C[C@@H]1[C@@H]4CC[C@H](N(C)C(=O)C=Cc5cccc(C)c5)[C@H](O2)[C@]34CCN1C. The first-order valence-electron chi connectivity index (χ1n) is 13.2. The van der Waals surface area contributed by atoms with Crippen molar-refractivity contribution < 1.29 is 24.2 Å². The predicted octanol–water partition coefficient (Wildman–Crippen LogP) is 3.84. The van der Waals surface area contributed by atoms with Crippen molar-refractivity contribution in [1.82, 2.24) is 9.80 Å². The summed E-state index contributed by atoms with van der Waals surface area (Å²) in [4.78, 5) is 29.5. The van der Waals surface area contributed by atoms with E-state index in [-0.39, 0.29) is 29.2 Å². The summed E-state index contributed by atoms with van der Waals surface area (Å²) in [7, 11) is 4.02. The second-order valence-corrected chi connectivity index (χ2v) is 11.2. The third kappa shape index (κ3) is 3.58. The van der Waals surface area contributed by atoms with Crippen molar-refractivity contribution in [2.45, 2.75) is 63.1 Å². The van der Waals surface area contributed by atoms with E-state index in [0.717, 1.165) is 54.5 Å². The lowest BCUT2D eigenvalue weighted by Crippen LogP contribution is -2.68. The molecule has 5 atom stereocenters. The number of amides is 1. The van der Waals surface area contributed by atoms with E-state index in [2.05, 4.69) is 18.0 Å². The molecule has 1 spiro atoms. The predicted molar refractivity (Wildman–Crippen MR) is 140 cm³/mol. The summed E-state index contributed by atoms with van der Waals surface area (Å²) in [5.74, 6) is 0.815. The third-order valence-corrected chi connectivity index (χ3v) is 9.21. The van der Waals surface area contributed by atoms with Gasteiger partial charge in [-0.25, -0.2) is 0 Å². The highest BCUT2D eigenvalue weighted by Crippen LogP contribution is 2.65. The Hall–Kier alpha value is -3.32. The van der Waals surface area contributed by atoms with Crippen molar-refractivity contribution >= 4 is 18.0 Å². The molecule has 0 unspecified atom stereocenters. The van der Waals surface area contributed by atoms with Crippen LogP contribution in [0.25, 0.3) is 6.08 Å². The highest BCUT2D eigenvalue weighted by Gasteiger charge is 2.66. The molecule has 1 saturated heterocycles. The van der Waals surface area contributed by atoms with E-state index in [1.807, 2.05) is 43.1 Å². The monoisotopic (exact) mass is 502 g/mol. The molecule has 37 heavy (non-hydrogen) atoms. The molecule has 1 N–H and O–H groups in total. The number of likely N-dealkylation sites (N-methyl/N-ethyl adjacent to an activating group) is 2. The van der Waals surface area contributed by atoms with E-state index in [0.29, 0.717) is 23.5 Å². The normalized spacial score (nSPS) is 29.5. The second kappa shape index (κ2) is 8.62. The molecule has 2 heterocycles. The lowest BCUT2D eigenvalue weighted by molar-refractivity contribution is -0.135. The molecule has 194 valence electrons. The highest BCUT2D eigenvalue weighted by atomic mass is 16.5. The lowest BCUT2D eigenvalue weighted by Gasteiger charge is -2.59. The van der Waals surface area contributed by atoms with Crippen molar-refractivity contribution in [3.63, 3.8) is 0 Å². The summed E-state index contributed by atoms with van der Waals surface area (Å²) in [5, 5.41) is 11.0. The summed E-state index contributed by atoms with van der Waals surface area (Å²) in [6.45, 7) is 4.33. The van der Waals surface area contributed by atoms with Crippen LogP contribution in [0.3, 0.4) is 0 Å². The number of rotatable bonds is 4. The number of benzene rings is 2. The van der Waals surface area contributed by atoms with Crippen LogP contribution in [0.2, 0.25) is 0 Å². The summed E-state index contributed by atoms with van der Waals surface area (Å²) in [6, 6.07) is 9.74. The molecule has 4 aliphatic rings. The summed E-state index contributed by atoms with van der Waals surface area (Å²) < 4.78 is 12.2. The number of phenols is 1. The molecule has 7 heteroatoms. The van der Waals surface area contributed by atoms with E-state index < -0.39 is 5.97 Å². The quantitative estimate of drug-likeness (QED) is 0.389. The first-order chi connectivity index (χ1) is 17.7. The number of esters is 1. The zero-order chi connectivity index (χ0) is 26.1. The fourth-order valence-electron chi connectivity index (χ4n) is 7.63. The maximum Gasteiger partial charge on any atom is 0.308 e. The van der Waals surface area contributed by atoms with Crippen LogP contribution in [-0.4, -0.2) is 65.6 Å². The van der Waals surface area contributed by atoms with E-state index in [1.54, 1.807) is 6.08 Å². The molecule has 7 nitrogen and oxygen atoms in total. The maximum atomic E-state index is 13.4. The van der Waals surface area contributed by atoms with Gasteiger partial charge in [-0.3, -0.25) is 9.59 Å². The number of piperidine rings is 1. The minimum atomic E-state index is -0.406. The van der Waals surface area contributed by atoms with Crippen molar-refractivity contribution in [2.24, 2.45) is 5.92 Å². The van der Waals surface area contributed by atoms with Gasteiger partial charge in [0, 0.05) is 48.7 Å². The standard InChI is InChI=1S/C30H34N2O5/c1-17-6-5-7-19(14-17)8-11-26(35)32(4)22-10-9-21-23-15-20-25(36-18(2)33)16-24(34)28-27(20)30(21,29(22)37-28)12-13-31(23)3/h5-8,11,14,16,21-23,29,34H,9-10,12-13,15H2,1-4H3/t21-,22-,23+,29-,30-/m0/s1. The van der Waals surface area contributed by atoms with Gasteiger partial charge in [0.1, 0.15) is 11.9 Å². The smallest absolute Gasteiger partial charge is 0.308 e. The number of carbonyl (C=O) groups is 2. The van der Waals surface area contributed by atoms with Gasteiger partial charge in [0.25, 0.3) is 0 Å². The Morgan fingerprint density at radius 2 is 2.08 bits per heavy atom. The van der Waals surface area contributed by atoms with Gasteiger partial charge in [0.15, 0.2) is 11.5 Å². The topological polar surface area (TPSA) is 79.3 Å². The van der Waals surface area contributed by atoms with Gasteiger partial charge in [0.05, 0.1) is 6.04 Å². The fraction of sp³-hybridized carbons (Fsp3) is 0.467. The molecule has 0 aromatic heterocycles. The molecule has 0 radical (unpaired) electrons. The largest absolute Gasteiger partial charge is 0.504 e. The number of phenolic OH excluding ortho intramolecular Hbond substituents is 1. The third-order valence-electron chi connectivity index (χ3n) is 9.21. The molecular formula is C30H34N2O5. The van der Waals surface area contributed by atoms with Crippen LogP contribution in [0.5, 0.6) is 17.2 Å². The second-order valence-electron chi connectivity index (χ2n) is 11.2. The van der Waals surface area contributed by atoms with Gasteiger partial charge in [0.2, 0.25) is 5.91 Å². The van der Waals surface area contributed by atoms with E-state index in [9.17, 15) is 14.7 Å².